The minimum absolute atomic E-state index is 0.105. The quantitative estimate of drug-likeness (QED) is 0.265. The minimum Gasteiger partial charge on any atom is -0.411 e. The molecule has 1 unspecified atom stereocenters. The van der Waals surface area contributed by atoms with E-state index in [0.717, 1.165) is 0 Å². The van der Waals surface area contributed by atoms with Gasteiger partial charge in [-0.1, -0.05) is 35.9 Å². The van der Waals surface area contributed by atoms with E-state index in [0.29, 0.717) is 24.9 Å². The molecular formula is C20H24ClN3O4. The van der Waals surface area contributed by atoms with Crippen LogP contribution in [0.1, 0.15) is 32.1 Å². The summed E-state index contributed by atoms with van der Waals surface area (Å²) < 4.78 is 0. The molecule has 1 fully saturated rings. The SMILES string of the molecule is O=C(Nc1ccccc1)NC1CC(=O)C(C(CC=CCl)CCC=NO)C(=O)C1. The predicted molar refractivity (Wildman–Crippen MR) is 108 cm³/mol. The molecule has 8 heteroatoms. The monoisotopic (exact) mass is 405 g/mol. The van der Waals surface area contributed by atoms with Crippen molar-refractivity contribution < 1.29 is 19.6 Å². The Morgan fingerprint density at radius 1 is 1.25 bits per heavy atom. The molecule has 0 bridgehead atoms. The molecule has 7 nitrogen and oxygen atoms in total. The van der Waals surface area contributed by atoms with Gasteiger partial charge in [0.2, 0.25) is 0 Å². The highest BCUT2D eigenvalue weighted by Crippen LogP contribution is 2.30. The van der Waals surface area contributed by atoms with Crippen LogP contribution in [0.2, 0.25) is 0 Å². The van der Waals surface area contributed by atoms with Gasteiger partial charge in [0.1, 0.15) is 11.6 Å². The molecule has 0 radical (unpaired) electrons. The van der Waals surface area contributed by atoms with Gasteiger partial charge in [-0.2, -0.15) is 0 Å². The number of hydrogen-bond donors (Lipinski definition) is 3. The average molecular weight is 406 g/mol. The number of rotatable bonds is 8. The summed E-state index contributed by atoms with van der Waals surface area (Å²) in [6, 6.07) is 7.95. The van der Waals surface area contributed by atoms with Crippen molar-refractivity contribution in [2.24, 2.45) is 17.0 Å². The maximum Gasteiger partial charge on any atom is 0.319 e. The summed E-state index contributed by atoms with van der Waals surface area (Å²) in [7, 11) is 0. The summed E-state index contributed by atoms with van der Waals surface area (Å²) in [5.41, 5.74) is 1.99. The van der Waals surface area contributed by atoms with Gasteiger partial charge in [-0.25, -0.2) is 4.79 Å². The van der Waals surface area contributed by atoms with Crippen molar-refractivity contribution in [3.05, 3.63) is 41.9 Å². The third kappa shape index (κ3) is 6.49. The van der Waals surface area contributed by atoms with E-state index in [9.17, 15) is 14.4 Å². The summed E-state index contributed by atoms with van der Waals surface area (Å²) in [6.45, 7) is 0. The molecule has 1 aliphatic carbocycles. The molecule has 1 saturated carbocycles. The van der Waals surface area contributed by atoms with Gasteiger partial charge in [0.15, 0.2) is 0 Å². The summed E-state index contributed by atoms with van der Waals surface area (Å²) >= 11 is 5.59. The largest absolute Gasteiger partial charge is 0.411 e. The number of nitrogens with zero attached hydrogens (tertiary/aromatic N) is 1. The van der Waals surface area contributed by atoms with Gasteiger partial charge in [0.25, 0.3) is 0 Å². The molecule has 3 N–H and O–H groups in total. The molecule has 150 valence electrons. The maximum atomic E-state index is 12.7. The van der Waals surface area contributed by atoms with Crippen LogP contribution >= 0.6 is 11.6 Å². The molecular weight excluding hydrogens is 382 g/mol. The Kier molecular flexibility index (Phi) is 8.68. The number of Topliss-reactive ketones (excluding diaryl/α,β-unsaturated/α-hetero) is 2. The number of nitrogens with one attached hydrogen (secondary N) is 2. The smallest absolute Gasteiger partial charge is 0.319 e. The second-order valence-electron chi connectivity index (χ2n) is 6.71. The molecule has 1 aromatic carbocycles. The molecule has 0 saturated heterocycles. The number of oxime groups is 1. The van der Waals surface area contributed by atoms with Crippen LogP contribution in [-0.2, 0) is 9.59 Å². The molecule has 2 rings (SSSR count). The maximum absolute atomic E-state index is 12.7. The van der Waals surface area contributed by atoms with E-state index in [1.807, 2.05) is 6.07 Å². The Hall–Kier alpha value is -2.67. The zero-order chi connectivity index (χ0) is 20.4. The van der Waals surface area contributed by atoms with Crippen molar-refractivity contribution in [3.63, 3.8) is 0 Å². The van der Waals surface area contributed by atoms with Crippen LogP contribution in [-0.4, -0.2) is 35.1 Å². The lowest BCUT2D eigenvalue weighted by Gasteiger charge is -2.31. The first-order valence-corrected chi connectivity index (χ1v) is 9.58. The van der Waals surface area contributed by atoms with Gasteiger partial charge < -0.3 is 15.8 Å². The topological polar surface area (TPSA) is 108 Å². The van der Waals surface area contributed by atoms with E-state index in [4.69, 9.17) is 16.8 Å². The van der Waals surface area contributed by atoms with Crippen molar-refractivity contribution in [2.45, 2.75) is 38.1 Å². The first-order chi connectivity index (χ1) is 13.5. The van der Waals surface area contributed by atoms with Crippen molar-refractivity contribution in [1.82, 2.24) is 5.32 Å². The van der Waals surface area contributed by atoms with Crippen molar-refractivity contribution >= 4 is 41.1 Å². The Morgan fingerprint density at radius 3 is 2.54 bits per heavy atom. The first kappa shape index (κ1) is 21.6. The van der Waals surface area contributed by atoms with Gasteiger partial charge in [0.05, 0.1) is 5.92 Å². The van der Waals surface area contributed by atoms with Crippen LogP contribution in [0.3, 0.4) is 0 Å². The zero-order valence-electron chi connectivity index (χ0n) is 15.4. The van der Waals surface area contributed by atoms with E-state index in [2.05, 4.69) is 15.8 Å². The fourth-order valence-corrected chi connectivity index (χ4v) is 3.59. The van der Waals surface area contributed by atoms with E-state index in [-0.39, 0.29) is 30.3 Å². The second-order valence-corrected chi connectivity index (χ2v) is 6.96. The van der Waals surface area contributed by atoms with Crippen LogP contribution in [0.15, 0.2) is 47.1 Å². The lowest BCUT2D eigenvalue weighted by molar-refractivity contribution is -0.138. The summed E-state index contributed by atoms with van der Waals surface area (Å²) in [5.74, 6) is -1.31. The number of ketones is 2. The number of benzene rings is 1. The van der Waals surface area contributed by atoms with Crippen molar-refractivity contribution in [2.75, 3.05) is 5.32 Å². The number of allylic oxidation sites excluding steroid dienone is 1. The Bertz CT molecular complexity index is 718. The third-order valence-electron chi connectivity index (χ3n) is 4.70. The average Bonchev–Trinajstić information content (AvgIpc) is 2.66. The molecule has 2 amide bonds. The zero-order valence-corrected chi connectivity index (χ0v) is 16.1. The van der Waals surface area contributed by atoms with E-state index >= 15 is 0 Å². The number of urea groups is 1. The van der Waals surface area contributed by atoms with Crippen molar-refractivity contribution in [3.8, 4) is 0 Å². The Balaban J connectivity index is 1.96. The molecule has 1 aliphatic rings. The summed E-state index contributed by atoms with van der Waals surface area (Å²) in [5, 5.41) is 16.9. The summed E-state index contributed by atoms with van der Waals surface area (Å²) in [6.07, 6.45) is 4.72. The molecule has 1 atom stereocenters. The van der Waals surface area contributed by atoms with Gasteiger partial charge in [-0.05, 0) is 37.3 Å². The highest BCUT2D eigenvalue weighted by Gasteiger charge is 2.40. The molecule has 0 heterocycles. The predicted octanol–water partition coefficient (Wildman–Crippen LogP) is 3.72. The fourth-order valence-electron chi connectivity index (χ4n) is 3.49. The van der Waals surface area contributed by atoms with E-state index in [1.54, 1.807) is 30.3 Å². The van der Waals surface area contributed by atoms with Crippen molar-refractivity contribution in [1.29, 1.82) is 0 Å². The fraction of sp³-hybridized carbons (Fsp3) is 0.400. The molecule has 0 aromatic heterocycles. The number of anilines is 1. The highest BCUT2D eigenvalue weighted by molar-refractivity contribution is 6.25. The number of carbonyl (C=O) groups is 3. The van der Waals surface area contributed by atoms with Crippen LogP contribution in [0.25, 0.3) is 0 Å². The molecule has 28 heavy (non-hydrogen) atoms. The van der Waals surface area contributed by atoms with Gasteiger partial charge in [-0.3, -0.25) is 9.59 Å². The van der Waals surface area contributed by atoms with Gasteiger partial charge in [-0.15, -0.1) is 5.16 Å². The molecule has 0 aliphatic heterocycles. The van der Waals surface area contributed by atoms with Crippen LogP contribution in [0.4, 0.5) is 10.5 Å². The normalized spacial score (nSPS) is 21.2. The molecule has 1 aromatic rings. The van der Waals surface area contributed by atoms with Crippen LogP contribution < -0.4 is 10.6 Å². The van der Waals surface area contributed by atoms with E-state index in [1.165, 1.54) is 11.7 Å². The standard InChI is InChI=1S/C20H24ClN3O4/c21-10-4-6-14(7-5-11-22-28)19-17(25)12-16(13-18(19)26)24-20(27)23-15-8-2-1-3-9-15/h1-4,8-11,14,16,19,28H,5-7,12-13H2,(H2,23,24,27). The highest BCUT2D eigenvalue weighted by atomic mass is 35.5. The lowest BCUT2D eigenvalue weighted by atomic mass is 9.73. The lowest BCUT2D eigenvalue weighted by Crippen LogP contribution is -2.48. The Morgan fingerprint density at radius 2 is 1.93 bits per heavy atom. The van der Waals surface area contributed by atoms with Crippen LogP contribution in [0.5, 0.6) is 0 Å². The van der Waals surface area contributed by atoms with Crippen LogP contribution in [0, 0.1) is 11.8 Å². The van der Waals surface area contributed by atoms with E-state index < -0.39 is 18.0 Å². The number of halogens is 1. The first-order valence-electron chi connectivity index (χ1n) is 9.14. The molecule has 0 spiro atoms. The van der Waals surface area contributed by atoms with Gasteiger partial charge >= 0.3 is 6.03 Å². The minimum atomic E-state index is -0.727. The number of amides is 2. The Labute approximate surface area is 168 Å². The number of para-hydroxylation sites is 1. The second kappa shape index (κ2) is 11.2. The third-order valence-corrected chi connectivity index (χ3v) is 4.88. The number of carbonyl (C=O) groups excluding carboxylic acids is 3. The van der Waals surface area contributed by atoms with Gasteiger partial charge in [0, 0.05) is 36.3 Å². The summed E-state index contributed by atoms with van der Waals surface area (Å²) in [4.78, 5) is 37.4. The number of hydrogen-bond acceptors (Lipinski definition) is 5.